The molecule has 0 spiro atoms. The summed E-state index contributed by atoms with van der Waals surface area (Å²) in [5.41, 5.74) is 39.9. The molecule has 20 rings (SSSR count). The minimum atomic E-state index is -2.13. The Morgan fingerprint density at radius 3 is 1.15 bits per heavy atom. The number of nitrogens with zero attached hydrogens (tertiary/aromatic N) is 4. The standard InChI is InChI=1S/2C31H34N.2C27H26N/c1-19-16-28(32(8)18-21(19)3)24-17-25-27(15-20(24)2)31(6,7)30(4,5)26-14-13-22-11-9-10-12-23(22)29(25)26;1-19-16-28(32(8)18-21(19)3)25-17-26-24-14-13-22-11-9-10-12-23(22)29(24)31(6,7)30(4,5)27(26)15-20(25)2;1-17-9-13-24-23(26(17)25-15-18(2)19(3)16-28(25)4)14-12-21-11-10-20-7-5-6-8-22(20)27(21)24;1-17-9-11-23-24(27(17)26-13-18(2)19(3)16-28(26)4)12-10-22-14-20-7-5-6-8-21(20)15-25(22)23/h2*9-18H,1-8H3;5-11,13,15-16H,12,14H2,1-4H3;5-9,11,13-16H,10,12H2,1-4H3/q4*+1/i4*3D3. The third kappa shape index (κ3) is 13.3. The fourth-order valence-electron chi connectivity index (χ4n) is 20.4. The van der Waals surface area contributed by atoms with Crippen molar-refractivity contribution in [3.05, 3.63) is 354 Å². The summed E-state index contributed by atoms with van der Waals surface area (Å²) in [7, 11) is 7.79. The Kier molecular flexibility index (Phi) is 16.9. The van der Waals surface area contributed by atoms with Crippen molar-refractivity contribution in [3.63, 3.8) is 0 Å². The van der Waals surface area contributed by atoms with Crippen LogP contribution in [0.2, 0.25) is 0 Å². The molecule has 0 atom stereocenters. The van der Waals surface area contributed by atoms with Crippen molar-refractivity contribution in [3.8, 4) is 89.5 Å². The molecule has 120 heavy (non-hydrogen) atoms. The monoisotopic (exact) mass is 1580 g/mol. The van der Waals surface area contributed by atoms with Crippen LogP contribution in [0.15, 0.2) is 243 Å². The van der Waals surface area contributed by atoms with Crippen LogP contribution in [0.1, 0.15) is 183 Å². The van der Waals surface area contributed by atoms with E-state index in [1.165, 1.54) is 165 Å². The molecule has 0 bridgehead atoms. The number of rotatable bonds is 4. The summed E-state index contributed by atoms with van der Waals surface area (Å²) in [6, 6.07) is 79.2. The molecular formula is C116H120N4+4. The van der Waals surface area contributed by atoms with E-state index in [9.17, 15) is 0 Å². The van der Waals surface area contributed by atoms with E-state index >= 15 is 0 Å². The van der Waals surface area contributed by atoms with Crippen molar-refractivity contribution < 1.29 is 34.7 Å². The molecular weight excluding hydrogens is 1450 g/mol. The second-order valence-corrected chi connectivity index (χ2v) is 37.1. The molecule has 600 valence electrons. The summed E-state index contributed by atoms with van der Waals surface area (Å²) in [6.07, 6.45) is 11.1. The molecule has 4 aliphatic rings. The molecule has 0 unspecified atom stereocenters. The maximum absolute atomic E-state index is 7.91. The van der Waals surface area contributed by atoms with Gasteiger partial charge >= 0.3 is 0 Å². The van der Waals surface area contributed by atoms with Crippen molar-refractivity contribution in [2.24, 2.45) is 28.2 Å². The van der Waals surface area contributed by atoms with Crippen LogP contribution in [0.4, 0.5) is 0 Å². The largest absolute Gasteiger partial charge is 0.213 e. The summed E-state index contributed by atoms with van der Waals surface area (Å²) in [4.78, 5) is 0. The lowest BCUT2D eigenvalue weighted by Gasteiger charge is -2.49. The number of hydrogen-bond acceptors (Lipinski definition) is 0. The average molecular weight is 1580 g/mol. The predicted octanol–water partition coefficient (Wildman–Crippen LogP) is 27.0. The highest BCUT2D eigenvalue weighted by atomic mass is 14.9. The zero-order chi connectivity index (χ0) is 94.8. The zero-order valence-corrected chi connectivity index (χ0v) is 73.7. The molecule has 16 aromatic rings. The molecule has 4 heterocycles. The second-order valence-electron chi connectivity index (χ2n) is 37.1. The van der Waals surface area contributed by atoms with E-state index in [2.05, 4.69) is 277 Å². The first-order valence-corrected chi connectivity index (χ1v) is 42.7. The van der Waals surface area contributed by atoms with E-state index in [0.29, 0.717) is 22.3 Å². The molecule has 4 aliphatic carbocycles. The van der Waals surface area contributed by atoms with Crippen LogP contribution < -0.4 is 18.3 Å². The summed E-state index contributed by atoms with van der Waals surface area (Å²) in [5, 5.41) is 10.2. The number of aryl methyl sites for hydroxylation is 18. The van der Waals surface area contributed by atoms with E-state index in [0.717, 1.165) is 81.8 Å². The van der Waals surface area contributed by atoms with Gasteiger partial charge in [-0.15, -0.1) is 0 Å². The number of hydrogen-bond donors (Lipinski definition) is 0. The first-order valence-electron chi connectivity index (χ1n) is 48.7. The van der Waals surface area contributed by atoms with Crippen molar-refractivity contribution >= 4 is 43.1 Å². The summed E-state index contributed by atoms with van der Waals surface area (Å²) in [5.74, 6) is 0. The van der Waals surface area contributed by atoms with Crippen molar-refractivity contribution in [1.82, 2.24) is 0 Å². The molecule has 0 amide bonds. The van der Waals surface area contributed by atoms with Gasteiger partial charge < -0.3 is 0 Å². The molecule has 12 aromatic carbocycles. The van der Waals surface area contributed by atoms with E-state index in [1.807, 2.05) is 98.4 Å². The molecule has 4 nitrogen and oxygen atoms in total. The molecule has 0 N–H and O–H groups in total. The molecule has 0 radical (unpaired) electrons. The maximum Gasteiger partial charge on any atom is 0.213 e. The van der Waals surface area contributed by atoms with Crippen LogP contribution in [-0.4, -0.2) is 0 Å². The van der Waals surface area contributed by atoms with Gasteiger partial charge in [0.15, 0.2) is 24.8 Å². The zero-order valence-electron chi connectivity index (χ0n) is 85.7. The minimum Gasteiger partial charge on any atom is -0.201 e. The van der Waals surface area contributed by atoms with Gasteiger partial charge in [-0.05, 0) is 320 Å². The van der Waals surface area contributed by atoms with Gasteiger partial charge in [0.05, 0.1) is 11.1 Å². The Labute approximate surface area is 731 Å². The number of fused-ring (bicyclic) bond motifs is 19. The Hall–Kier alpha value is -11.7. The third-order valence-electron chi connectivity index (χ3n) is 28.8. The first kappa shape index (κ1) is 67.1. The van der Waals surface area contributed by atoms with Crippen LogP contribution >= 0.6 is 0 Å². The van der Waals surface area contributed by atoms with Gasteiger partial charge in [-0.2, -0.15) is 0 Å². The van der Waals surface area contributed by atoms with Crippen LogP contribution in [0.5, 0.6) is 0 Å². The van der Waals surface area contributed by atoms with E-state index in [4.69, 9.17) is 16.4 Å². The minimum absolute atomic E-state index is 0.0457. The highest BCUT2D eigenvalue weighted by Crippen LogP contribution is 2.59. The van der Waals surface area contributed by atoms with Crippen molar-refractivity contribution in [1.29, 1.82) is 0 Å². The molecule has 0 saturated carbocycles. The quantitative estimate of drug-likeness (QED) is 0.156. The average Bonchev–Trinajstić information content (AvgIpc) is 0.698. The van der Waals surface area contributed by atoms with Crippen molar-refractivity contribution in [2.45, 2.75) is 186 Å². The van der Waals surface area contributed by atoms with Crippen molar-refractivity contribution in [2.75, 3.05) is 0 Å². The van der Waals surface area contributed by atoms with E-state index in [1.54, 1.807) is 24.8 Å². The molecule has 0 saturated heterocycles. The molecule has 0 aliphatic heterocycles. The number of aromatic nitrogens is 4. The molecule has 4 aromatic heterocycles. The highest BCUT2D eigenvalue weighted by Gasteiger charge is 2.49. The lowest BCUT2D eigenvalue weighted by molar-refractivity contribution is -0.660. The highest BCUT2D eigenvalue weighted by molar-refractivity contribution is 6.04. The Balaban J connectivity index is 0.000000123. The van der Waals surface area contributed by atoms with Crippen LogP contribution in [0.25, 0.3) is 133 Å². The summed E-state index contributed by atoms with van der Waals surface area (Å²) in [6.45, 7) is 26.7. The van der Waals surface area contributed by atoms with Gasteiger partial charge in [-0.1, -0.05) is 231 Å². The fraction of sp³-hybridized carbons (Fsp3) is 0.276. The number of benzene rings is 12. The van der Waals surface area contributed by atoms with Gasteiger partial charge in [-0.25, -0.2) is 18.3 Å². The Morgan fingerprint density at radius 2 is 0.625 bits per heavy atom. The summed E-state index contributed by atoms with van der Waals surface area (Å²) >= 11 is 0. The SMILES string of the molecule is [2H]C([2H])([2H])c1c[n+](C)c(-c2c(C)ccc3c2CCc2cc4ccccc4cc2-3)cc1C.[2H]C([2H])([2H])c1c[n+](C)c(-c2c(C)ccc3c2CCc2ccc4ccccc4c2-3)cc1C.[2H]C([2H])([2H])c1c[n+](C)c(-c2cc3c(cc2C)C(C)(C)C(C)(C)c2c-3ccc3ccccc23)cc1C.[2H]C([2H])([2H])c1c[n+](C)c(-c2cc3c(cc2C)C(C)(C)C(C)(C)c2ccc4ccccc4c2-3)cc1C. The maximum atomic E-state index is 7.91. The number of pyridine rings is 4. The smallest absolute Gasteiger partial charge is 0.201 e. The van der Waals surface area contributed by atoms with E-state index in [-0.39, 0.29) is 21.7 Å². The Bertz CT molecular complexity index is 7460. The van der Waals surface area contributed by atoms with Gasteiger partial charge in [0.25, 0.3) is 0 Å². The second kappa shape index (κ2) is 30.2. The predicted molar refractivity (Wildman–Crippen MR) is 508 cm³/mol. The van der Waals surface area contributed by atoms with Gasteiger partial charge in [0, 0.05) is 79.5 Å². The van der Waals surface area contributed by atoms with Crippen LogP contribution in [0.3, 0.4) is 0 Å². The third-order valence-corrected chi connectivity index (χ3v) is 28.8. The van der Waals surface area contributed by atoms with Gasteiger partial charge in [-0.3, -0.25) is 0 Å². The van der Waals surface area contributed by atoms with Gasteiger partial charge in [0.2, 0.25) is 22.8 Å². The summed E-state index contributed by atoms with van der Waals surface area (Å²) < 4.78 is 102. The lowest BCUT2D eigenvalue weighted by atomic mass is 9.54. The molecule has 0 fully saturated rings. The molecule has 4 heteroatoms. The van der Waals surface area contributed by atoms with Gasteiger partial charge in [0.1, 0.15) is 28.2 Å². The Morgan fingerprint density at radius 1 is 0.242 bits per heavy atom. The first-order chi connectivity index (χ1) is 62.0. The van der Waals surface area contributed by atoms with E-state index < -0.39 is 27.4 Å². The normalized spacial score (nSPS) is 16.4. The lowest BCUT2D eigenvalue weighted by Crippen LogP contribution is -2.43. The van der Waals surface area contributed by atoms with Crippen LogP contribution in [0, 0.1) is 82.8 Å². The topological polar surface area (TPSA) is 15.5 Å². The van der Waals surface area contributed by atoms with Crippen LogP contribution in [-0.2, 0) is 75.5 Å². The fourth-order valence-corrected chi connectivity index (χ4v) is 20.4.